The number of nitrogens with zero attached hydrogens (tertiary/aromatic N) is 5. The molecule has 0 bridgehead atoms. The van der Waals surface area contributed by atoms with Gasteiger partial charge in [0.05, 0.1) is 12.2 Å². The Morgan fingerprint density at radius 3 is 3.00 bits per heavy atom. The minimum absolute atomic E-state index is 0.0953. The first-order chi connectivity index (χ1) is 8.74. The van der Waals surface area contributed by atoms with Crippen molar-refractivity contribution in [2.75, 3.05) is 13.6 Å². The molecular weight excluding hydrogens is 232 g/mol. The monoisotopic (exact) mass is 246 g/mol. The zero-order valence-electron chi connectivity index (χ0n) is 10.0. The zero-order chi connectivity index (χ0) is 12.5. The van der Waals surface area contributed by atoms with Crippen molar-refractivity contribution in [1.29, 1.82) is 0 Å². The van der Waals surface area contributed by atoms with Crippen LogP contribution >= 0.6 is 0 Å². The first-order valence-electron chi connectivity index (χ1n) is 5.80. The largest absolute Gasteiger partial charge is 0.337 e. The first kappa shape index (κ1) is 11.2. The Hall–Kier alpha value is -1.86. The van der Waals surface area contributed by atoms with Gasteiger partial charge in [0.15, 0.2) is 0 Å². The first-order valence-corrected chi connectivity index (χ1v) is 5.80. The molecule has 0 spiro atoms. The van der Waals surface area contributed by atoms with Crippen LogP contribution in [0.5, 0.6) is 0 Å². The van der Waals surface area contributed by atoms with Crippen molar-refractivity contribution >= 4 is 0 Å². The van der Waals surface area contributed by atoms with Crippen LogP contribution in [0, 0.1) is 0 Å². The lowest BCUT2D eigenvalue weighted by Crippen LogP contribution is -2.24. The van der Waals surface area contributed by atoms with Gasteiger partial charge in [0.2, 0.25) is 11.7 Å². The number of hydrogen-bond acceptors (Lipinski definition) is 7. The summed E-state index contributed by atoms with van der Waals surface area (Å²) in [5.41, 5.74) is 6.53. The molecule has 0 amide bonds. The molecule has 94 valence electrons. The van der Waals surface area contributed by atoms with Crippen molar-refractivity contribution in [3.05, 3.63) is 24.5 Å². The third-order valence-corrected chi connectivity index (χ3v) is 3.10. The molecule has 7 nitrogen and oxygen atoms in total. The topological polar surface area (TPSA) is 94.0 Å². The summed E-state index contributed by atoms with van der Waals surface area (Å²) in [4.78, 5) is 14.6. The minimum Gasteiger partial charge on any atom is -0.337 e. The molecule has 3 heterocycles. The lowest BCUT2D eigenvalue weighted by Gasteiger charge is -2.13. The normalized spacial score (nSPS) is 24.6. The second-order valence-electron chi connectivity index (χ2n) is 4.50. The van der Waals surface area contributed by atoms with Crippen molar-refractivity contribution < 1.29 is 4.52 Å². The maximum Gasteiger partial charge on any atom is 0.244 e. The Morgan fingerprint density at radius 2 is 2.33 bits per heavy atom. The maximum atomic E-state index is 5.92. The molecule has 0 radical (unpaired) electrons. The van der Waals surface area contributed by atoms with Gasteiger partial charge < -0.3 is 10.3 Å². The number of hydrogen-bond donors (Lipinski definition) is 1. The Bertz CT molecular complexity index is 527. The summed E-state index contributed by atoms with van der Waals surface area (Å²) in [6, 6.07) is 0.254. The summed E-state index contributed by atoms with van der Waals surface area (Å²) in [5, 5.41) is 3.93. The molecule has 1 aliphatic heterocycles. The molecule has 18 heavy (non-hydrogen) atoms. The van der Waals surface area contributed by atoms with E-state index < -0.39 is 0 Å². The van der Waals surface area contributed by atoms with Gasteiger partial charge in [0, 0.05) is 25.0 Å². The van der Waals surface area contributed by atoms with Crippen molar-refractivity contribution in [2.24, 2.45) is 5.73 Å². The summed E-state index contributed by atoms with van der Waals surface area (Å²) < 4.78 is 5.30. The molecule has 2 aromatic rings. The lowest BCUT2D eigenvalue weighted by atomic mass is 10.2. The molecule has 3 rings (SSSR count). The van der Waals surface area contributed by atoms with E-state index in [0.717, 1.165) is 13.0 Å². The van der Waals surface area contributed by atoms with E-state index >= 15 is 0 Å². The van der Waals surface area contributed by atoms with Gasteiger partial charge in [-0.25, -0.2) is 4.98 Å². The Balaban J connectivity index is 1.86. The van der Waals surface area contributed by atoms with Crippen LogP contribution in [-0.4, -0.2) is 44.6 Å². The number of aromatic nitrogens is 4. The van der Waals surface area contributed by atoms with Crippen LogP contribution in [0.3, 0.4) is 0 Å². The number of nitrogens with two attached hydrogens (primary N) is 1. The Morgan fingerprint density at radius 1 is 1.44 bits per heavy atom. The lowest BCUT2D eigenvalue weighted by molar-refractivity contribution is 0.244. The van der Waals surface area contributed by atoms with Crippen LogP contribution in [-0.2, 0) is 0 Å². The number of likely N-dealkylation sites (tertiary alicyclic amines) is 1. The van der Waals surface area contributed by atoms with Crippen molar-refractivity contribution in [2.45, 2.75) is 18.5 Å². The average molecular weight is 246 g/mol. The fourth-order valence-corrected chi connectivity index (χ4v) is 2.22. The van der Waals surface area contributed by atoms with Gasteiger partial charge in [-0.05, 0) is 13.5 Å². The maximum absolute atomic E-state index is 5.92. The SMILES string of the molecule is CN1CC(N)CC1c1nc(-c2cnccn2)no1. The molecule has 0 aromatic carbocycles. The van der Waals surface area contributed by atoms with E-state index in [1.54, 1.807) is 18.6 Å². The Kier molecular flexibility index (Phi) is 2.77. The van der Waals surface area contributed by atoms with Gasteiger partial charge in [0.25, 0.3) is 0 Å². The van der Waals surface area contributed by atoms with Gasteiger partial charge in [-0.15, -0.1) is 0 Å². The third kappa shape index (κ3) is 1.98. The van der Waals surface area contributed by atoms with Crippen molar-refractivity contribution in [3.63, 3.8) is 0 Å². The summed E-state index contributed by atoms with van der Waals surface area (Å²) in [7, 11) is 2.00. The fourth-order valence-electron chi connectivity index (χ4n) is 2.22. The van der Waals surface area contributed by atoms with E-state index in [0.29, 0.717) is 17.4 Å². The van der Waals surface area contributed by atoms with E-state index in [4.69, 9.17) is 10.3 Å². The minimum atomic E-state index is 0.0953. The van der Waals surface area contributed by atoms with E-state index in [1.807, 2.05) is 7.05 Å². The van der Waals surface area contributed by atoms with Crippen molar-refractivity contribution in [1.82, 2.24) is 25.0 Å². The van der Waals surface area contributed by atoms with E-state index in [9.17, 15) is 0 Å². The van der Waals surface area contributed by atoms with Crippen LogP contribution in [0.1, 0.15) is 18.4 Å². The van der Waals surface area contributed by atoms with Crippen LogP contribution in [0.25, 0.3) is 11.5 Å². The highest BCUT2D eigenvalue weighted by atomic mass is 16.5. The second kappa shape index (κ2) is 4.43. The average Bonchev–Trinajstić information content (AvgIpc) is 2.97. The van der Waals surface area contributed by atoms with Crippen LogP contribution < -0.4 is 5.73 Å². The Labute approximate surface area is 104 Å². The molecule has 7 heteroatoms. The van der Waals surface area contributed by atoms with Gasteiger partial charge in [-0.3, -0.25) is 9.88 Å². The molecular formula is C11H14N6O. The summed E-state index contributed by atoms with van der Waals surface area (Å²) >= 11 is 0. The highest BCUT2D eigenvalue weighted by Crippen LogP contribution is 2.29. The molecule has 1 saturated heterocycles. The van der Waals surface area contributed by atoms with Crippen LogP contribution in [0.4, 0.5) is 0 Å². The summed E-state index contributed by atoms with van der Waals surface area (Å²) in [6.45, 7) is 0.841. The fraction of sp³-hybridized carbons (Fsp3) is 0.455. The molecule has 1 aliphatic rings. The predicted octanol–water partition coefficient (Wildman–Crippen LogP) is 0.230. The molecule has 2 aromatic heterocycles. The second-order valence-corrected chi connectivity index (χ2v) is 4.50. The standard InChI is InChI=1S/C11H14N6O/c1-17-6-7(12)4-9(17)11-15-10(16-18-11)8-5-13-2-3-14-8/h2-3,5,7,9H,4,6,12H2,1H3. The zero-order valence-corrected chi connectivity index (χ0v) is 10.0. The van der Waals surface area contributed by atoms with Crippen LogP contribution in [0.2, 0.25) is 0 Å². The van der Waals surface area contributed by atoms with Crippen LogP contribution in [0.15, 0.2) is 23.1 Å². The van der Waals surface area contributed by atoms with Gasteiger partial charge >= 0.3 is 0 Å². The summed E-state index contributed by atoms with van der Waals surface area (Å²) in [6.07, 6.45) is 5.65. The van der Waals surface area contributed by atoms with E-state index in [-0.39, 0.29) is 12.1 Å². The molecule has 0 saturated carbocycles. The molecule has 2 N–H and O–H groups in total. The van der Waals surface area contributed by atoms with Gasteiger partial charge in [-0.1, -0.05) is 5.16 Å². The molecule has 2 atom stereocenters. The van der Waals surface area contributed by atoms with E-state index in [2.05, 4.69) is 25.0 Å². The summed E-state index contributed by atoms with van der Waals surface area (Å²) in [5.74, 6) is 1.05. The smallest absolute Gasteiger partial charge is 0.244 e. The number of likely N-dealkylation sites (N-methyl/N-ethyl adjacent to an activating group) is 1. The van der Waals surface area contributed by atoms with Gasteiger partial charge in [0.1, 0.15) is 5.69 Å². The third-order valence-electron chi connectivity index (χ3n) is 3.10. The predicted molar refractivity (Wildman–Crippen MR) is 63.3 cm³/mol. The molecule has 2 unspecified atom stereocenters. The van der Waals surface area contributed by atoms with E-state index in [1.165, 1.54) is 0 Å². The quantitative estimate of drug-likeness (QED) is 0.810. The highest BCUT2D eigenvalue weighted by molar-refractivity contribution is 5.45. The molecule has 0 aliphatic carbocycles. The number of rotatable bonds is 2. The van der Waals surface area contributed by atoms with Gasteiger partial charge in [-0.2, -0.15) is 4.98 Å². The molecule has 1 fully saturated rings. The highest BCUT2D eigenvalue weighted by Gasteiger charge is 2.32. The van der Waals surface area contributed by atoms with Crippen molar-refractivity contribution in [3.8, 4) is 11.5 Å².